The average molecular weight is 323 g/mol. The topological polar surface area (TPSA) is 122 Å². The monoisotopic (exact) mass is 323 g/mol. The quantitative estimate of drug-likeness (QED) is 0.278. The molecule has 0 bridgehead atoms. The third kappa shape index (κ3) is 4.31. The van der Waals surface area contributed by atoms with Gasteiger partial charge in [0.05, 0.1) is 0 Å². The van der Waals surface area contributed by atoms with Crippen LogP contribution in [0.15, 0.2) is 59.1 Å². The molecule has 0 unspecified atom stereocenters. The zero-order valence-electron chi connectivity index (χ0n) is 13.2. The second-order valence-corrected chi connectivity index (χ2v) is 5.25. The summed E-state index contributed by atoms with van der Waals surface area (Å²) in [5.41, 5.74) is 13.9. The number of hydrogen-bond donors (Lipinski definition) is 4. The largest absolute Gasteiger partial charge is 0.488 e. The molecule has 7 heteroatoms. The highest BCUT2D eigenvalue weighted by atomic mass is 16.4. The summed E-state index contributed by atoms with van der Waals surface area (Å²) in [5, 5.41) is 18.3. The molecule has 0 heterocycles. The molecular formula is C17H18BN3O3. The van der Waals surface area contributed by atoms with Crippen molar-refractivity contribution in [3.63, 3.8) is 0 Å². The van der Waals surface area contributed by atoms with E-state index in [0.717, 1.165) is 16.7 Å². The molecule has 2 aromatic carbocycles. The Morgan fingerprint density at radius 1 is 1.08 bits per heavy atom. The maximum absolute atomic E-state index is 11.9. The Morgan fingerprint density at radius 2 is 1.71 bits per heavy atom. The minimum atomic E-state index is -1.51. The lowest BCUT2D eigenvalue weighted by atomic mass is 9.79. The number of carbonyl (C=O) groups excluding carboxylic acids is 1. The fourth-order valence-electron chi connectivity index (χ4n) is 2.22. The summed E-state index contributed by atoms with van der Waals surface area (Å²) in [5.74, 6) is -0.775. The minimum Gasteiger partial charge on any atom is -0.423 e. The molecule has 0 fully saturated rings. The molecule has 6 nitrogen and oxygen atoms in total. The first kappa shape index (κ1) is 17.5. The van der Waals surface area contributed by atoms with Crippen molar-refractivity contribution in [3.8, 4) is 11.1 Å². The van der Waals surface area contributed by atoms with Gasteiger partial charge in [-0.3, -0.25) is 4.79 Å². The highest BCUT2D eigenvalue weighted by Gasteiger charge is 2.11. The molecule has 0 aliphatic heterocycles. The van der Waals surface area contributed by atoms with Crippen LogP contribution >= 0.6 is 0 Å². The lowest BCUT2D eigenvalue weighted by Crippen LogP contribution is -2.29. The van der Waals surface area contributed by atoms with Crippen LogP contribution in [0.25, 0.3) is 17.2 Å². The van der Waals surface area contributed by atoms with E-state index in [9.17, 15) is 4.79 Å². The number of benzene rings is 2. The normalized spacial score (nSPS) is 11.0. The molecule has 0 spiro atoms. The zero-order chi connectivity index (χ0) is 17.7. The number of nitrogens with two attached hydrogens (primary N) is 2. The Balaban J connectivity index is 2.40. The maximum Gasteiger partial charge on any atom is 0.488 e. The van der Waals surface area contributed by atoms with E-state index in [-0.39, 0.29) is 5.96 Å². The van der Waals surface area contributed by atoms with Crippen LogP contribution in [0.3, 0.4) is 0 Å². The third-order valence-corrected chi connectivity index (χ3v) is 3.42. The van der Waals surface area contributed by atoms with Gasteiger partial charge in [0.15, 0.2) is 5.96 Å². The van der Waals surface area contributed by atoms with Crippen LogP contribution in [0, 0.1) is 0 Å². The van der Waals surface area contributed by atoms with Gasteiger partial charge < -0.3 is 21.5 Å². The maximum atomic E-state index is 11.9. The summed E-state index contributed by atoms with van der Waals surface area (Å²) < 4.78 is 0. The van der Waals surface area contributed by atoms with Crippen LogP contribution in [0.2, 0.25) is 0 Å². The van der Waals surface area contributed by atoms with Gasteiger partial charge in [-0.05, 0) is 35.2 Å². The number of amides is 1. The number of nitrogens with zero attached hydrogens (tertiary/aromatic N) is 1. The van der Waals surface area contributed by atoms with Gasteiger partial charge in [0.2, 0.25) is 0 Å². The molecule has 0 saturated carbocycles. The van der Waals surface area contributed by atoms with E-state index in [1.807, 2.05) is 24.3 Å². The summed E-state index contributed by atoms with van der Waals surface area (Å²) in [6.45, 7) is 1.64. The van der Waals surface area contributed by atoms with Gasteiger partial charge >= 0.3 is 7.12 Å². The summed E-state index contributed by atoms with van der Waals surface area (Å²) in [4.78, 5) is 15.4. The second kappa shape index (κ2) is 7.58. The average Bonchev–Trinajstić information content (AvgIpc) is 2.54. The molecular weight excluding hydrogens is 305 g/mol. The van der Waals surface area contributed by atoms with E-state index in [4.69, 9.17) is 21.5 Å². The Kier molecular flexibility index (Phi) is 5.52. The lowest BCUT2D eigenvalue weighted by molar-refractivity contribution is -0.114. The van der Waals surface area contributed by atoms with Crippen molar-refractivity contribution >= 4 is 30.5 Å². The molecule has 0 aliphatic carbocycles. The second-order valence-electron chi connectivity index (χ2n) is 5.25. The van der Waals surface area contributed by atoms with Gasteiger partial charge in [0.1, 0.15) is 0 Å². The highest BCUT2D eigenvalue weighted by molar-refractivity contribution is 6.58. The Morgan fingerprint density at radius 3 is 2.29 bits per heavy atom. The Bertz CT molecular complexity index is 795. The third-order valence-electron chi connectivity index (χ3n) is 3.42. The van der Waals surface area contributed by atoms with Crippen molar-refractivity contribution in [1.82, 2.24) is 0 Å². The molecule has 0 radical (unpaired) electrons. The highest BCUT2D eigenvalue weighted by Crippen LogP contribution is 2.25. The van der Waals surface area contributed by atoms with Crippen molar-refractivity contribution in [2.45, 2.75) is 6.92 Å². The molecule has 24 heavy (non-hydrogen) atoms. The standard InChI is InChI=1S/C17H18BN3O3/c1-11(16(22)21-17(19)20)10-13-4-2-3-5-15(13)12-6-8-14(9-7-12)18(23)24/h2-10,23-24H,1H3,(H4,19,20,21,22). The van der Waals surface area contributed by atoms with Gasteiger partial charge in [0, 0.05) is 5.57 Å². The van der Waals surface area contributed by atoms with E-state index in [1.54, 1.807) is 37.3 Å². The van der Waals surface area contributed by atoms with E-state index in [2.05, 4.69) is 4.99 Å². The summed E-state index contributed by atoms with van der Waals surface area (Å²) in [6.07, 6.45) is 1.71. The number of carbonyl (C=O) groups is 1. The van der Waals surface area contributed by atoms with Crippen molar-refractivity contribution in [2.75, 3.05) is 0 Å². The number of aliphatic imine (C=N–C) groups is 1. The molecule has 2 rings (SSSR count). The zero-order valence-corrected chi connectivity index (χ0v) is 13.2. The molecule has 0 atom stereocenters. The van der Waals surface area contributed by atoms with Crippen LogP contribution in [-0.2, 0) is 4.79 Å². The molecule has 0 aromatic heterocycles. The number of rotatable bonds is 4. The van der Waals surface area contributed by atoms with Gasteiger partial charge in [-0.25, -0.2) is 0 Å². The lowest BCUT2D eigenvalue weighted by Gasteiger charge is -2.08. The molecule has 0 aliphatic rings. The van der Waals surface area contributed by atoms with Gasteiger partial charge in [-0.15, -0.1) is 0 Å². The molecule has 0 saturated heterocycles. The predicted molar refractivity (Wildman–Crippen MR) is 96.2 cm³/mol. The van der Waals surface area contributed by atoms with Crippen LogP contribution in [-0.4, -0.2) is 29.0 Å². The minimum absolute atomic E-state index is 0.279. The molecule has 1 amide bonds. The molecule has 6 N–H and O–H groups in total. The van der Waals surface area contributed by atoms with E-state index >= 15 is 0 Å². The Hall–Kier alpha value is -2.90. The van der Waals surface area contributed by atoms with E-state index < -0.39 is 13.0 Å². The number of guanidine groups is 1. The van der Waals surface area contributed by atoms with E-state index in [1.165, 1.54) is 0 Å². The Labute approximate surface area is 140 Å². The first-order valence-corrected chi connectivity index (χ1v) is 7.26. The molecule has 122 valence electrons. The van der Waals surface area contributed by atoms with Crippen molar-refractivity contribution in [2.24, 2.45) is 16.5 Å². The van der Waals surface area contributed by atoms with Gasteiger partial charge in [0.25, 0.3) is 5.91 Å². The smallest absolute Gasteiger partial charge is 0.423 e. The first-order chi connectivity index (χ1) is 11.4. The summed E-state index contributed by atoms with van der Waals surface area (Å²) in [6, 6.07) is 14.4. The number of hydrogen-bond acceptors (Lipinski definition) is 3. The predicted octanol–water partition coefficient (Wildman–Crippen LogP) is 0.237. The van der Waals surface area contributed by atoms with E-state index in [0.29, 0.717) is 11.0 Å². The van der Waals surface area contributed by atoms with Gasteiger partial charge in [-0.2, -0.15) is 4.99 Å². The van der Waals surface area contributed by atoms with Crippen LogP contribution < -0.4 is 16.9 Å². The van der Waals surface area contributed by atoms with Crippen molar-refractivity contribution in [3.05, 3.63) is 59.7 Å². The van der Waals surface area contributed by atoms with Crippen LogP contribution in [0.5, 0.6) is 0 Å². The summed E-state index contributed by atoms with van der Waals surface area (Å²) >= 11 is 0. The van der Waals surface area contributed by atoms with Crippen LogP contribution in [0.4, 0.5) is 0 Å². The summed E-state index contributed by atoms with van der Waals surface area (Å²) in [7, 11) is -1.51. The molecule has 2 aromatic rings. The fraction of sp³-hybridized carbons (Fsp3) is 0.0588. The SMILES string of the molecule is CC(=Cc1ccccc1-c1ccc(B(O)O)cc1)C(=O)N=C(N)N. The first-order valence-electron chi connectivity index (χ1n) is 7.26. The van der Waals surface area contributed by atoms with Crippen molar-refractivity contribution in [1.29, 1.82) is 0 Å². The van der Waals surface area contributed by atoms with Crippen molar-refractivity contribution < 1.29 is 14.8 Å². The van der Waals surface area contributed by atoms with Crippen LogP contribution in [0.1, 0.15) is 12.5 Å². The fourth-order valence-corrected chi connectivity index (χ4v) is 2.22. The van der Waals surface area contributed by atoms with Gasteiger partial charge in [-0.1, -0.05) is 48.5 Å².